The van der Waals surface area contributed by atoms with Gasteiger partial charge in [-0.15, -0.1) is 0 Å². The third-order valence-corrected chi connectivity index (χ3v) is 6.55. The van der Waals surface area contributed by atoms with Gasteiger partial charge in [-0.25, -0.2) is 4.98 Å². The number of amides is 1. The minimum atomic E-state index is -0.181. The fourth-order valence-electron chi connectivity index (χ4n) is 4.78. The molecule has 1 saturated carbocycles. The molecule has 2 aromatic rings. The molecule has 31 heavy (non-hydrogen) atoms. The highest BCUT2D eigenvalue weighted by Crippen LogP contribution is 2.26. The predicted molar refractivity (Wildman–Crippen MR) is 125 cm³/mol. The Bertz CT molecular complexity index is 1020. The van der Waals surface area contributed by atoms with Gasteiger partial charge in [-0.1, -0.05) is 31.4 Å². The molecule has 0 spiro atoms. The lowest BCUT2D eigenvalue weighted by Gasteiger charge is -2.34. The summed E-state index contributed by atoms with van der Waals surface area (Å²) in [5, 5.41) is 11.1. The Balaban J connectivity index is 1.60. The molecule has 7 heteroatoms. The van der Waals surface area contributed by atoms with Crippen LogP contribution in [-0.4, -0.2) is 41.0 Å². The molecule has 2 fully saturated rings. The lowest BCUT2D eigenvalue weighted by Crippen LogP contribution is -2.53. The van der Waals surface area contributed by atoms with Crippen LogP contribution in [0.5, 0.6) is 0 Å². The van der Waals surface area contributed by atoms with Crippen molar-refractivity contribution in [3.05, 3.63) is 39.8 Å². The number of hydrogen-bond donors (Lipinski definition) is 4. The zero-order chi connectivity index (χ0) is 21.8. The summed E-state index contributed by atoms with van der Waals surface area (Å²) < 4.78 is 0. The average molecular weight is 424 g/mol. The number of hydrogen-bond acceptors (Lipinski definition) is 5. The van der Waals surface area contributed by atoms with Crippen molar-refractivity contribution in [2.45, 2.75) is 64.5 Å². The summed E-state index contributed by atoms with van der Waals surface area (Å²) in [6, 6.07) is 2.16. The molecule has 7 nitrogen and oxygen atoms in total. The molecule has 1 aliphatic carbocycles. The van der Waals surface area contributed by atoms with Gasteiger partial charge in [0, 0.05) is 41.3 Å². The summed E-state index contributed by atoms with van der Waals surface area (Å²) in [5.41, 5.74) is 2.20. The van der Waals surface area contributed by atoms with E-state index in [2.05, 4.69) is 25.9 Å². The van der Waals surface area contributed by atoms with Gasteiger partial charge in [-0.2, -0.15) is 0 Å². The van der Waals surface area contributed by atoms with Crippen molar-refractivity contribution in [2.24, 2.45) is 5.92 Å². The van der Waals surface area contributed by atoms with Crippen LogP contribution in [0.2, 0.25) is 0 Å². The van der Waals surface area contributed by atoms with Crippen LogP contribution in [0.15, 0.2) is 23.1 Å². The topological polar surface area (TPSA) is 98.9 Å². The highest BCUT2D eigenvalue weighted by Gasteiger charge is 2.33. The summed E-state index contributed by atoms with van der Waals surface area (Å²) >= 11 is 0. The number of H-pyrrole nitrogens is 1. The second-order valence-electron chi connectivity index (χ2n) is 8.83. The number of pyridine rings is 2. The fourth-order valence-corrected chi connectivity index (χ4v) is 4.78. The second kappa shape index (κ2) is 9.64. The maximum absolute atomic E-state index is 13.1. The van der Waals surface area contributed by atoms with Crippen LogP contribution in [0.25, 0.3) is 17.0 Å². The first-order valence-electron chi connectivity index (χ1n) is 11.5. The maximum Gasteiger partial charge on any atom is 0.251 e. The molecule has 0 bridgehead atoms. The van der Waals surface area contributed by atoms with Gasteiger partial charge < -0.3 is 20.9 Å². The molecular formula is C24H33N5O2. The van der Waals surface area contributed by atoms with E-state index in [4.69, 9.17) is 0 Å². The normalized spacial score (nSPS) is 22.6. The summed E-state index contributed by atoms with van der Waals surface area (Å²) in [7, 11) is 0. The Morgan fingerprint density at radius 1 is 1.23 bits per heavy atom. The number of aromatic amines is 1. The van der Waals surface area contributed by atoms with Crippen LogP contribution in [0, 0.1) is 12.8 Å². The molecule has 0 radical (unpaired) electrons. The van der Waals surface area contributed by atoms with E-state index in [9.17, 15) is 9.59 Å². The lowest BCUT2D eigenvalue weighted by atomic mass is 9.90. The van der Waals surface area contributed by atoms with Crippen molar-refractivity contribution in [2.75, 3.05) is 18.4 Å². The average Bonchev–Trinajstić information content (AvgIpc) is 2.78. The Morgan fingerprint density at radius 2 is 2.03 bits per heavy atom. The quantitative estimate of drug-likeness (QED) is 0.592. The number of nitrogens with zero attached hydrogens (tertiary/aromatic N) is 1. The molecule has 1 amide bonds. The van der Waals surface area contributed by atoms with Crippen molar-refractivity contribution in [3.63, 3.8) is 0 Å². The molecule has 166 valence electrons. The van der Waals surface area contributed by atoms with Gasteiger partial charge in [0.2, 0.25) is 5.91 Å². The van der Waals surface area contributed by atoms with E-state index in [1.54, 1.807) is 0 Å². The van der Waals surface area contributed by atoms with E-state index < -0.39 is 0 Å². The van der Waals surface area contributed by atoms with E-state index in [0.717, 1.165) is 36.8 Å². The van der Waals surface area contributed by atoms with Gasteiger partial charge in [-0.05, 0) is 45.7 Å². The minimum absolute atomic E-state index is 0.0436. The van der Waals surface area contributed by atoms with Crippen molar-refractivity contribution in [1.82, 2.24) is 20.6 Å². The first-order valence-corrected chi connectivity index (χ1v) is 11.5. The Labute approximate surface area is 183 Å². The monoisotopic (exact) mass is 423 g/mol. The second-order valence-corrected chi connectivity index (χ2v) is 8.83. The van der Waals surface area contributed by atoms with E-state index >= 15 is 0 Å². The van der Waals surface area contributed by atoms with Gasteiger partial charge in [0.25, 0.3) is 5.56 Å². The molecule has 2 aliphatic rings. The molecule has 2 atom stereocenters. The third kappa shape index (κ3) is 4.82. The van der Waals surface area contributed by atoms with E-state index in [-0.39, 0.29) is 23.4 Å². The summed E-state index contributed by atoms with van der Waals surface area (Å²) in [4.78, 5) is 33.0. The molecular weight excluding hydrogens is 390 g/mol. The van der Waals surface area contributed by atoms with E-state index in [1.165, 1.54) is 19.3 Å². The first kappa shape index (κ1) is 21.6. The van der Waals surface area contributed by atoms with E-state index in [0.29, 0.717) is 29.5 Å². The molecule has 1 aliphatic heterocycles. The van der Waals surface area contributed by atoms with Gasteiger partial charge >= 0.3 is 0 Å². The van der Waals surface area contributed by atoms with Crippen LogP contribution in [0.4, 0.5) is 5.82 Å². The van der Waals surface area contributed by atoms with Gasteiger partial charge in [-0.3, -0.25) is 9.59 Å². The first-order chi connectivity index (χ1) is 15.1. The SMILES string of the molecule is C/C=C/c1cnc(N[C@@H]2CCNC[C@H]2C(=O)NC2CCCCC2)c2[nH]c(=O)c(C)cc12. The zero-order valence-electron chi connectivity index (χ0n) is 18.5. The smallest absolute Gasteiger partial charge is 0.251 e. The Morgan fingerprint density at radius 3 is 2.81 bits per heavy atom. The fraction of sp³-hybridized carbons (Fsp3) is 0.542. The standard InChI is InChI=1S/C24H33N5O2/c1-3-7-16-13-26-22(21-18(16)12-15(2)23(30)29-21)28-20-10-11-25-14-19(20)24(31)27-17-8-5-4-6-9-17/h3,7,12-13,17,19-20,25H,4-6,8-11,14H2,1-2H3,(H,26,28)(H,27,31)(H,29,30)/b7-3+/t19-,20-/m1/s1. The number of aryl methyl sites for hydroxylation is 1. The molecule has 2 aromatic heterocycles. The minimum Gasteiger partial charge on any atom is -0.365 e. The number of carbonyl (C=O) groups is 1. The van der Waals surface area contributed by atoms with Crippen LogP contribution in [0.3, 0.4) is 0 Å². The number of aromatic nitrogens is 2. The lowest BCUT2D eigenvalue weighted by molar-refractivity contribution is -0.126. The molecule has 0 aromatic carbocycles. The van der Waals surface area contributed by atoms with Crippen molar-refractivity contribution in [1.29, 1.82) is 0 Å². The van der Waals surface area contributed by atoms with Crippen LogP contribution in [0.1, 0.15) is 56.6 Å². The number of nitrogens with one attached hydrogen (secondary N) is 4. The molecule has 4 rings (SSSR count). The largest absolute Gasteiger partial charge is 0.365 e. The van der Waals surface area contributed by atoms with Gasteiger partial charge in [0.05, 0.1) is 11.4 Å². The number of fused-ring (bicyclic) bond motifs is 1. The number of allylic oxidation sites excluding steroid dienone is 1. The van der Waals surface area contributed by atoms with Crippen molar-refractivity contribution < 1.29 is 4.79 Å². The van der Waals surface area contributed by atoms with Crippen molar-refractivity contribution in [3.8, 4) is 0 Å². The summed E-state index contributed by atoms with van der Waals surface area (Å²) in [6.45, 7) is 5.25. The van der Waals surface area contributed by atoms with Gasteiger partial charge in [0.1, 0.15) is 0 Å². The number of carbonyl (C=O) groups excluding carboxylic acids is 1. The summed E-state index contributed by atoms with van der Waals surface area (Å²) in [5.74, 6) is 0.554. The number of rotatable bonds is 5. The van der Waals surface area contributed by atoms with Crippen LogP contribution in [-0.2, 0) is 4.79 Å². The number of anilines is 1. The van der Waals surface area contributed by atoms with Crippen LogP contribution >= 0.6 is 0 Å². The number of piperidine rings is 1. The zero-order valence-corrected chi connectivity index (χ0v) is 18.5. The van der Waals surface area contributed by atoms with Crippen molar-refractivity contribution >= 4 is 28.7 Å². The van der Waals surface area contributed by atoms with Crippen LogP contribution < -0.4 is 21.5 Å². The van der Waals surface area contributed by atoms with Gasteiger partial charge in [0.15, 0.2) is 5.82 Å². The highest BCUT2D eigenvalue weighted by atomic mass is 16.2. The third-order valence-electron chi connectivity index (χ3n) is 6.55. The maximum atomic E-state index is 13.1. The predicted octanol–water partition coefficient (Wildman–Crippen LogP) is 3.10. The molecule has 0 unspecified atom stereocenters. The summed E-state index contributed by atoms with van der Waals surface area (Å²) in [6.07, 6.45) is 12.4. The Kier molecular flexibility index (Phi) is 6.70. The molecule has 1 saturated heterocycles. The highest BCUT2D eigenvalue weighted by molar-refractivity contribution is 5.94. The molecule has 4 N–H and O–H groups in total. The Hall–Kier alpha value is -2.67. The van der Waals surface area contributed by atoms with E-state index in [1.807, 2.05) is 38.3 Å². The molecule has 3 heterocycles.